The van der Waals surface area contributed by atoms with Crippen LogP contribution in [0.25, 0.3) is 0 Å². The lowest BCUT2D eigenvalue weighted by Gasteiger charge is -2.28. The van der Waals surface area contributed by atoms with E-state index in [-0.39, 0.29) is 23.3 Å². The van der Waals surface area contributed by atoms with E-state index in [0.717, 1.165) is 19.3 Å². The molecule has 1 unspecified atom stereocenters. The first-order chi connectivity index (χ1) is 8.24. The molecular weight excluding hydrogens is 228 g/mol. The van der Waals surface area contributed by atoms with Crippen LogP contribution in [0.4, 0.5) is 0 Å². The fourth-order valence-electron chi connectivity index (χ4n) is 2.63. The van der Waals surface area contributed by atoms with Crippen LogP contribution in [-0.2, 0) is 9.59 Å². The number of nitrogens with one attached hydrogen (secondary N) is 1. The summed E-state index contributed by atoms with van der Waals surface area (Å²) in [7, 11) is 0. The zero-order valence-corrected chi connectivity index (χ0v) is 11.6. The Balaban J connectivity index is 2.10. The second kappa shape index (κ2) is 4.25. The Labute approximate surface area is 109 Å². The van der Waals surface area contributed by atoms with Crippen molar-refractivity contribution in [2.75, 3.05) is 0 Å². The quantitative estimate of drug-likeness (QED) is 0.779. The van der Waals surface area contributed by atoms with E-state index < -0.39 is 5.41 Å². The van der Waals surface area contributed by atoms with Crippen LogP contribution in [0.15, 0.2) is 0 Å². The molecule has 2 aliphatic rings. The summed E-state index contributed by atoms with van der Waals surface area (Å²) in [4.78, 5) is 24.0. The Kier molecular flexibility index (Phi) is 3.16. The third kappa shape index (κ3) is 2.85. The van der Waals surface area contributed by atoms with E-state index in [4.69, 9.17) is 5.73 Å². The smallest absolute Gasteiger partial charge is 0.224 e. The van der Waals surface area contributed by atoms with E-state index in [1.165, 1.54) is 12.8 Å². The van der Waals surface area contributed by atoms with Crippen molar-refractivity contribution in [2.24, 2.45) is 23.0 Å². The predicted octanol–water partition coefficient (Wildman–Crippen LogP) is 1.58. The van der Waals surface area contributed by atoms with Gasteiger partial charge in [-0.1, -0.05) is 12.8 Å². The summed E-state index contributed by atoms with van der Waals surface area (Å²) in [6.45, 7) is 5.88. The van der Waals surface area contributed by atoms with Crippen molar-refractivity contribution >= 4 is 11.8 Å². The minimum atomic E-state index is -0.544. The van der Waals surface area contributed by atoms with E-state index in [2.05, 4.69) is 5.32 Å². The molecule has 2 fully saturated rings. The number of primary amides is 1. The Morgan fingerprint density at radius 2 is 1.89 bits per heavy atom. The Hall–Kier alpha value is -1.06. The molecule has 0 bridgehead atoms. The van der Waals surface area contributed by atoms with E-state index in [1.807, 2.05) is 20.8 Å². The van der Waals surface area contributed by atoms with Crippen LogP contribution in [0.1, 0.15) is 52.9 Å². The predicted molar refractivity (Wildman–Crippen MR) is 69.6 cm³/mol. The summed E-state index contributed by atoms with van der Waals surface area (Å²) in [6, 6.07) is 0. The highest BCUT2D eigenvalue weighted by atomic mass is 16.2. The highest BCUT2D eigenvalue weighted by Gasteiger charge is 2.58. The van der Waals surface area contributed by atoms with Crippen molar-refractivity contribution in [3.63, 3.8) is 0 Å². The van der Waals surface area contributed by atoms with Crippen LogP contribution < -0.4 is 11.1 Å². The van der Waals surface area contributed by atoms with Gasteiger partial charge in [-0.3, -0.25) is 9.59 Å². The average Bonchev–Trinajstić information content (AvgIpc) is 3.06. The maximum Gasteiger partial charge on any atom is 0.224 e. The first-order valence-electron chi connectivity index (χ1n) is 6.86. The molecule has 0 spiro atoms. The van der Waals surface area contributed by atoms with Gasteiger partial charge in [0.25, 0.3) is 0 Å². The number of hydrogen-bond donors (Lipinski definition) is 2. The molecule has 2 rings (SSSR count). The summed E-state index contributed by atoms with van der Waals surface area (Å²) in [5.41, 5.74) is 4.71. The first-order valence-corrected chi connectivity index (χ1v) is 6.86. The summed E-state index contributed by atoms with van der Waals surface area (Å²) in [6.07, 6.45) is 4.75. The van der Waals surface area contributed by atoms with Gasteiger partial charge in [-0.05, 0) is 46.0 Å². The molecule has 4 heteroatoms. The lowest BCUT2D eigenvalue weighted by Crippen LogP contribution is -2.48. The fraction of sp³-hybridized carbons (Fsp3) is 0.857. The van der Waals surface area contributed by atoms with Crippen molar-refractivity contribution in [1.82, 2.24) is 5.32 Å². The van der Waals surface area contributed by atoms with E-state index in [9.17, 15) is 9.59 Å². The van der Waals surface area contributed by atoms with Crippen LogP contribution in [0.5, 0.6) is 0 Å². The van der Waals surface area contributed by atoms with Crippen LogP contribution in [-0.4, -0.2) is 17.4 Å². The van der Waals surface area contributed by atoms with E-state index in [0.29, 0.717) is 5.92 Å². The molecule has 2 saturated carbocycles. The monoisotopic (exact) mass is 252 g/mol. The normalized spacial score (nSPS) is 23.3. The van der Waals surface area contributed by atoms with E-state index in [1.54, 1.807) is 0 Å². The van der Waals surface area contributed by atoms with Crippen LogP contribution >= 0.6 is 0 Å². The van der Waals surface area contributed by atoms with Crippen LogP contribution in [0.3, 0.4) is 0 Å². The molecule has 2 aliphatic carbocycles. The number of amides is 2. The minimum Gasteiger partial charge on any atom is -0.369 e. The van der Waals surface area contributed by atoms with Gasteiger partial charge in [0.05, 0.1) is 11.3 Å². The summed E-state index contributed by atoms with van der Waals surface area (Å²) >= 11 is 0. The second-order valence-electron chi connectivity index (χ2n) is 6.99. The molecule has 0 radical (unpaired) electrons. The molecule has 0 saturated heterocycles. The standard InChI is InChI=1S/C14H24N2O2/c1-13(2,3)16-11(17)10(8-9-4-5-9)14(6-7-14)12(15)18/h9-10H,4-8H2,1-3H3,(H2,15,18)(H,16,17). The summed E-state index contributed by atoms with van der Waals surface area (Å²) < 4.78 is 0. The van der Waals surface area contributed by atoms with Gasteiger partial charge in [-0.25, -0.2) is 0 Å². The highest BCUT2D eigenvalue weighted by Crippen LogP contribution is 2.55. The molecule has 0 aromatic heterocycles. The molecular formula is C14H24N2O2. The van der Waals surface area contributed by atoms with Gasteiger partial charge in [0, 0.05) is 5.54 Å². The number of carbonyl (C=O) groups is 2. The van der Waals surface area contributed by atoms with Crippen LogP contribution in [0.2, 0.25) is 0 Å². The first kappa shape index (κ1) is 13.4. The van der Waals surface area contributed by atoms with Crippen molar-refractivity contribution in [3.05, 3.63) is 0 Å². The van der Waals surface area contributed by atoms with Gasteiger partial charge in [-0.2, -0.15) is 0 Å². The Morgan fingerprint density at radius 1 is 1.33 bits per heavy atom. The van der Waals surface area contributed by atoms with Gasteiger partial charge in [0.15, 0.2) is 0 Å². The van der Waals surface area contributed by atoms with Crippen molar-refractivity contribution in [1.29, 1.82) is 0 Å². The molecule has 0 aliphatic heterocycles. The van der Waals surface area contributed by atoms with Crippen molar-refractivity contribution in [3.8, 4) is 0 Å². The molecule has 0 heterocycles. The van der Waals surface area contributed by atoms with Crippen molar-refractivity contribution < 1.29 is 9.59 Å². The number of hydrogen-bond acceptors (Lipinski definition) is 2. The van der Waals surface area contributed by atoms with Gasteiger partial charge in [0.1, 0.15) is 0 Å². The fourth-order valence-corrected chi connectivity index (χ4v) is 2.63. The topological polar surface area (TPSA) is 72.2 Å². The molecule has 4 nitrogen and oxygen atoms in total. The Bertz CT molecular complexity index is 362. The largest absolute Gasteiger partial charge is 0.369 e. The van der Waals surface area contributed by atoms with Gasteiger partial charge in [0.2, 0.25) is 11.8 Å². The summed E-state index contributed by atoms with van der Waals surface area (Å²) in [5, 5.41) is 3.01. The zero-order chi connectivity index (χ0) is 13.6. The van der Waals surface area contributed by atoms with Crippen LogP contribution in [0, 0.1) is 17.3 Å². The minimum absolute atomic E-state index is 0.00528. The number of carbonyl (C=O) groups excluding carboxylic acids is 2. The van der Waals surface area contributed by atoms with E-state index >= 15 is 0 Å². The van der Waals surface area contributed by atoms with Gasteiger partial charge < -0.3 is 11.1 Å². The number of rotatable bonds is 5. The molecule has 102 valence electrons. The summed E-state index contributed by atoms with van der Waals surface area (Å²) in [5.74, 6) is 0.113. The molecule has 1 atom stereocenters. The molecule has 0 aromatic carbocycles. The molecule has 2 amide bonds. The second-order valence-corrected chi connectivity index (χ2v) is 6.99. The number of nitrogens with two attached hydrogens (primary N) is 1. The average molecular weight is 252 g/mol. The molecule has 3 N–H and O–H groups in total. The zero-order valence-electron chi connectivity index (χ0n) is 11.6. The highest BCUT2D eigenvalue weighted by molar-refractivity contribution is 5.92. The molecule has 0 aromatic rings. The lowest BCUT2D eigenvalue weighted by molar-refractivity contribution is -0.136. The Morgan fingerprint density at radius 3 is 2.22 bits per heavy atom. The van der Waals surface area contributed by atoms with Gasteiger partial charge in [-0.15, -0.1) is 0 Å². The lowest BCUT2D eigenvalue weighted by atomic mass is 9.82. The molecule has 18 heavy (non-hydrogen) atoms. The maximum absolute atomic E-state index is 12.4. The maximum atomic E-state index is 12.4. The van der Waals surface area contributed by atoms with Gasteiger partial charge >= 0.3 is 0 Å². The third-order valence-electron chi connectivity index (χ3n) is 4.03. The third-order valence-corrected chi connectivity index (χ3v) is 4.03. The SMILES string of the molecule is CC(C)(C)NC(=O)C(CC1CC1)C1(C(N)=O)CC1. The van der Waals surface area contributed by atoms with Crippen molar-refractivity contribution in [2.45, 2.75) is 58.4 Å².